The van der Waals surface area contributed by atoms with Gasteiger partial charge < -0.3 is 9.74 Å². The molecule has 0 radical (unpaired) electrons. The lowest BCUT2D eigenvalue weighted by atomic mass is 10.2. The van der Waals surface area contributed by atoms with E-state index < -0.39 is 5.97 Å². The van der Waals surface area contributed by atoms with Gasteiger partial charge in [0.05, 0.1) is 11.8 Å². The second-order valence-corrected chi connectivity index (χ2v) is 4.97. The molecule has 4 heteroatoms. The minimum atomic E-state index is -0.462. The van der Waals surface area contributed by atoms with Crippen LogP contribution < -0.4 is 4.90 Å². The molecule has 0 saturated heterocycles. The molecule has 0 atom stereocenters. The number of hydrogen-bond acceptors (Lipinski definition) is 4. The van der Waals surface area contributed by atoms with Gasteiger partial charge in [0.2, 0.25) is 0 Å². The molecule has 108 valence electrons. The van der Waals surface area contributed by atoms with Crippen LogP contribution in [-0.2, 0) is 4.84 Å². The van der Waals surface area contributed by atoms with Crippen LogP contribution in [0, 0.1) is 6.92 Å². The van der Waals surface area contributed by atoms with Gasteiger partial charge in [0, 0.05) is 19.8 Å². The summed E-state index contributed by atoms with van der Waals surface area (Å²) in [4.78, 5) is 18.6. The Morgan fingerprint density at radius 2 is 1.67 bits per heavy atom. The van der Waals surface area contributed by atoms with Crippen molar-refractivity contribution in [2.75, 3.05) is 19.0 Å². The molecule has 0 spiro atoms. The summed E-state index contributed by atoms with van der Waals surface area (Å²) in [6.45, 7) is 1.96. The number of rotatable bonds is 4. The molecule has 0 fully saturated rings. The summed E-state index contributed by atoms with van der Waals surface area (Å²) in [5.74, 6) is -0.462. The maximum absolute atomic E-state index is 11.7. The number of carbonyl (C=O) groups is 1. The fraction of sp³-hybridized carbons (Fsp3) is 0.176. The highest BCUT2D eigenvalue weighted by molar-refractivity contribution is 5.90. The average molecular weight is 282 g/mol. The summed E-state index contributed by atoms with van der Waals surface area (Å²) >= 11 is 0. The molecule has 0 aliphatic heterocycles. The van der Waals surface area contributed by atoms with E-state index in [0.29, 0.717) is 5.56 Å². The predicted octanol–water partition coefficient (Wildman–Crippen LogP) is 3.25. The zero-order valence-corrected chi connectivity index (χ0v) is 12.4. The maximum atomic E-state index is 11.7. The molecule has 2 aromatic carbocycles. The Morgan fingerprint density at radius 1 is 1.05 bits per heavy atom. The highest BCUT2D eigenvalue weighted by atomic mass is 16.7. The lowest BCUT2D eigenvalue weighted by molar-refractivity contribution is 0.0519. The van der Waals surface area contributed by atoms with Crippen LogP contribution in [-0.4, -0.2) is 26.3 Å². The molecule has 4 nitrogen and oxygen atoms in total. The van der Waals surface area contributed by atoms with E-state index >= 15 is 0 Å². The van der Waals surface area contributed by atoms with Crippen molar-refractivity contribution in [3.63, 3.8) is 0 Å². The minimum Gasteiger partial charge on any atom is -0.378 e. The van der Waals surface area contributed by atoms with Crippen LogP contribution in [0.15, 0.2) is 53.7 Å². The molecule has 0 N–H and O–H groups in total. The van der Waals surface area contributed by atoms with E-state index in [1.807, 2.05) is 62.3 Å². The third-order valence-electron chi connectivity index (χ3n) is 3.03. The summed E-state index contributed by atoms with van der Waals surface area (Å²) in [5.41, 5.74) is 3.55. The number of nitrogens with zero attached hydrogens (tertiary/aromatic N) is 2. The molecule has 0 unspecified atom stereocenters. The average Bonchev–Trinajstić information content (AvgIpc) is 2.48. The lowest BCUT2D eigenvalue weighted by Gasteiger charge is -2.11. The standard InChI is InChI=1S/C17H18N2O2/c1-13-4-8-15(9-5-13)17(20)21-18-12-14-6-10-16(11-7-14)19(2)3/h4-12H,1-3H3/b18-12-. The van der Waals surface area contributed by atoms with Gasteiger partial charge in [0.15, 0.2) is 0 Å². The first-order chi connectivity index (χ1) is 10.1. The van der Waals surface area contributed by atoms with Gasteiger partial charge in [-0.25, -0.2) is 4.79 Å². The molecule has 0 aromatic heterocycles. The van der Waals surface area contributed by atoms with Crippen LogP contribution in [0.4, 0.5) is 5.69 Å². The predicted molar refractivity (Wildman–Crippen MR) is 85.0 cm³/mol. The summed E-state index contributed by atoms with van der Waals surface area (Å²) < 4.78 is 0. The number of hydrogen-bond donors (Lipinski definition) is 0. The molecule has 0 aliphatic carbocycles. The number of oxime groups is 1. The Kier molecular flexibility index (Phi) is 4.72. The third-order valence-corrected chi connectivity index (χ3v) is 3.03. The van der Waals surface area contributed by atoms with Gasteiger partial charge in [-0.2, -0.15) is 0 Å². The smallest absolute Gasteiger partial charge is 0.365 e. The topological polar surface area (TPSA) is 41.9 Å². The van der Waals surface area contributed by atoms with Crippen LogP contribution in [0.5, 0.6) is 0 Å². The van der Waals surface area contributed by atoms with E-state index in [0.717, 1.165) is 16.8 Å². The van der Waals surface area contributed by atoms with E-state index in [1.165, 1.54) is 6.21 Å². The van der Waals surface area contributed by atoms with Crippen molar-refractivity contribution in [3.8, 4) is 0 Å². The Bertz CT molecular complexity index is 629. The summed E-state index contributed by atoms with van der Waals surface area (Å²) in [5, 5.41) is 3.73. The molecule has 0 amide bonds. The van der Waals surface area contributed by atoms with Crippen LogP contribution in [0.25, 0.3) is 0 Å². The molecular formula is C17H18N2O2. The summed E-state index contributed by atoms with van der Waals surface area (Å²) in [6, 6.07) is 14.9. The Morgan fingerprint density at radius 3 is 2.24 bits per heavy atom. The fourth-order valence-electron chi connectivity index (χ4n) is 1.74. The second kappa shape index (κ2) is 6.70. The van der Waals surface area contributed by atoms with E-state index in [1.54, 1.807) is 12.1 Å². The molecule has 0 aliphatic rings. The number of benzene rings is 2. The molecule has 0 bridgehead atoms. The van der Waals surface area contributed by atoms with Gasteiger partial charge >= 0.3 is 5.97 Å². The Hall–Kier alpha value is -2.62. The van der Waals surface area contributed by atoms with E-state index in [4.69, 9.17) is 4.84 Å². The van der Waals surface area contributed by atoms with Gasteiger partial charge in [-0.1, -0.05) is 35.0 Å². The Balaban J connectivity index is 1.95. The molecule has 0 heterocycles. The highest BCUT2D eigenvalue weighted by Crippen LogP contribution is 2.11. The van der Waals surface area contributed by atoms with Crippen LogP contribution in [0.1, 0.15) is 21.5 Å². The first kappa shape index (κ1) is 14.8. The van der Waals surface area contributed by atoms with Crippen molar-refractivity contribution in [3.05, 3.63) is 65.2 Å². The van der Waals surface area contributed by atoms with Crippen molar-refractivity contribution in [1.82, 2.24) is 0 Å². The van der Waals surface area contributed by atoms with E-state index in [9.17, 15) is 4.79 Å². The van der Waals surface area contributed by atoms with Crippen LogP contribution >= 0.6 is 0 Å². The molecule has 0 saturated carbocycles. The first-order valence-corrected chi connectivity index (χ1v) is 6.65. The molecular weight excluding hydrogens is 264 g/mol. The number of aryl methyl sites for hydroxylation is 1. The minimum absolute atomic E-state index is 0.462. The highest BCUT2D eigenvalue weighted by Gasteiger charge is 2.05. The van der Waals surface area contributed by atoms with Gasteiger partial charge in [-0.15, -0.1) is 0 Å². The van der Waals surface area contributed by atoms with Gasteiger partial charge in [0.25, 0.3) is 0 Å². The molecule has 21 heavy (non-hydrogen) atoms. The SMILES string of the molecule is Cc1ccc(C(=O)O/N=C\c2ccc(N(C)C)cc2)cc1. The zero-order valence-electron chi connectivity index (χ0n) is 12.4. The van der Waals surface area contributed by atoms with Crippen molar-refractivity contribution < 1.29 is 9.63 Å². The molecule has 2 rings (SSSR count). The second-order valence-electron chi connectivity index (χ2n) is 4.97. The van der Waals surface area contributed by atoms with E-state index in [-0.39, 0.29) is 0 Å². The first-order valence-electron chi connectivity index (χ1n) is 6.65. The largest absolute Gasteiger partial charge is 0.378 e. The normalized spacial score (nSPS) is 10.6. The van der Waals surface area contributed by atoms with Crippen molar-refractivity contribution >= 4 is 17.9 Å². The number of anilines is 1. The van der Waals surface area contributed by atoms with Gasteiger partial charge in [-0.05, 0) is 36.8 Å². The fourth-order valence-corrected chi connectivity index (χ4v) is 1.74. The van der Waals surface area contributed by atoms with Crippen LogP contribution in [0.3, 0.4) is 0 Å². The molecule has 2 aromatic rings. The summed E-state index contributed by atoms with van der Waals surface area (Å²) in [6.07, 6.45) is 1.52. The Labute approximate surface area is 124 Å². The van der Waals surface area contributed by atoms with E-state index in [2.05, 4.69) is 5.16 Å². The third kappa shape index (κ3) is 4.18. The van der Waals surface area contributed by atoms with Crippen molar-refractivity contribution in [2.24, 2.45) is 5.16 Å². The van der Waals surface area contributed by atoms with Gasteiger partial charge in [0.1, 0.15) is 0 Å². The van der Waals surface area contributed by atoms with Crippen molar-refractivity contribution in [2.45, 2.75) is 6.92 Å². The summed E-state index contributed by atoms with van der Waals surface area (Å²) in [7, 11) is 3.96. The maximum Gasteiger partial charge on any atom is 0.365 e. The van der Waals surface area contributed by atoms with Crippen LogP contribution in [0.2, 0.25) is 0 Å². The quantitative estimate of drug-likeness (QED) is 0.491. The lowest BCUT2D eigenvalue weighted by Crippen LogP contribution is -2.08. The van der Waals surface area contributed by atoms with Gasteiger partial charge in [-0.3, -0.25) is 0 Å². The monoisotopic (exact) mass is 282 g/mol. The zero-order chi connectivity index (χ0) is 15.2. The number of carbonyl (C=O) groups excluding carboxylic acids is 1. The van der Waals surface area contributed by atoms with Crippen molar-refractivity contribution in [1.29, 1.82) is 0 Å².